The highest BCUT2D eigenvalue weighted by Crippen LogP contribution is 2.27. The number of halogens is 3. The van der Waals surface area contributed by atoms with Crippen molar-refractivity contribution in [3.8, 4) is 16.9 Å². The molecule has 0 radical (unpaired) electrons. The molecule has 2 aromatic rings. The number of aromatic hydroxyl groups is 1. The predicted octanol–water partition coefficient (Wildman–Crippen LogP) is 3.99. The molecule has 0 saturated heterocycles. The van der Waals surface area contributed by atoms with Crippen molar-refractivity contribution >= 4 is 11.6 Å². The first-order chi connectivity index (χ1) is 7.54. The number of phenols is 1. The summed E-state index contributed by atoms with van der Waals surface area (Å²) in [5.41, 5.74) is 0.790. The normalized spacial score (nSPS) is 10.4. The van der Waals surface area contributed by atoms with E-state index in [1.807, 2.05) is 0 Å². The molecule has 1 N–H and O–H groups in total. The molecule has 1 nitrogen and oxygen atoms in total. The zero-order chi connectivity index (χ0) is 11.7. The van der Waals surface area contributed by atoms with Crippen molar-refractivity contribution < 1.29 is 13.9 Å². The molecule has 0 aliphatic heterocycles. The van der Waals surface area contributed by atoms with Gasteiger partial charge < -0.3 is 5.11 Å². The minimum Gasteiger partial charge on any atom is -0.508 e. The molecular formula is C12H7ClF2O. The smallest absolute Gasteiger partial charge is 0.127 e. The molecule has 0 spiro atoms. The van der Waals surface area contributed by atoms with Crippen LogP contribution >= 0.6 is 11.6 Å². The van der Waals surface area contributed by atoms with Gasteiger partial charge in [-0.3, -0.25) is 0 Å². The van der Waals surface area contributed by atoms with Gasteiger partial charge in [0.2, 0.25) is 0 Å². The van der Waals surface area contributed by atoms with Gasteiger partial charge in [-0.2, -0.15) is 0 Å². The van der Waals surface area contributed by atoms with Crippen LogP contribution in [-0.4, -0.2) is 5.11 Å². The molecule has 0 amide bonds. The number of hydrogen-bond donors (Lipinski definition) is 1. The first-order valence-electron chi connectivity index (χ1n) is 4.50. The average Bonchev–Trinajstić information content (AvgIpc) is 2.14. The van der Waals surface area contributed by atoms with E-state index in [0.29, 0.717) is 11.1 Å². The maximum atomic E-state index is 13.1. The zero-order valence-corrected chi connectivity index (χ0v) is 8.80. The SMILES string of the molecule is Oc1cc(F)cc(-c2cc(F)cc(Cl)c2)c1. The second-order valence-corrected chi connectivity index (χ2v) is 3.79. The molecule has 0 atom stereocenters. The third kappa shape index (κ3) is 2.31. The molecule has 82 valence electrons. The monoisotopic (exact) mass is 240 g/mol. The summed E-state index contributed by atoms with van der Waals surface area (Å²) in [5.74, 6) is -1.31. The van der Waals surface area contributed by atoms with E-state index < -0.39 is 11.6 Å². The number of benzene rings is 2. The predicted molar refractivity (Wildman–Crippen MR) is 58.5 cm³/mol. The van der Waals surface area contributed by atoms with E-state index in [1.165, 1.54) is 24.3 Å². The summed E-state index contributed by atoms with van der Waals surface area (Å²) in [7, 11) is 0. The van der Waals surface area contributed by atoms with Crippen LogP contribution in [0.2, 0.25) is 5.02 Å². The zero-order valence-electron chi connectivity index (χ0n) is 8.05. The summed E-state index contributed by atoms with van der Waals surface area (Å²) in [6.07, 6.45) is 0. The molecule has 0 fully saturated rings. The van der Waals surface area contributed by atoms with E-state index in [9.17, 15) is 13.9 Å². The Balaban J connectivity index is 2.57. The van der Waals surface area contributed by atoms with Crippen molar-refractivity contribution in [1.82, 2.24) is 0 Å². The van der Waals surface area contributed by atoms with Crippen molar-refractivity contribution in [2.45, 2.75) is 0 Å². The molecule has 4 heteroatoms. The maximum Gasteiger partial charge on any atom is 0.127 e. The van der Waals surface area contributed by atoms with Crippen molar-refractivity contribution in [2.75, 3.05) is 0 Å². The summed E-state index contributed by atoms with van der Waals surface area (Å²) < 4.78 is 26.1. The van der Waals surface area contributed by atoms with Crippen LogP contribution in [0.15, 0.2) is 36.4 Å². The fourth-order valence-corrected chi connectivity index (χ4v) is 1.68. The summed E-state index contributed by atoms with van der Waals surface area (Å²) in [4.78, 5) is 0. The van der Waals surface area contributed by atoms with E-state index in [0.717, 1.165) is 12.1 Å². The van der Waals surface area contributed by atoms with Crippen molar-refractivity contribution in [3.05, 3.63) is 53.1 Å². The van der Waals surface area contributed by atoms with Gasteiger partial charge in [-0.15, -0.1) is 0 Å². The van der Waals surface area contributed by atoms with Crippen molar-refractivity contribution in [3.63, 3.8) is 0 Å². The highest BCUT2D eigenvalue weighted by molar-refractivity contribution is 6.30. The maximum absolute atomic E-state index is 13.1. The molecule has 0 unspecified atom stereocenters. The molecule has 0 bridgehead atoms. The molecule has 16 heavy (non-hydrogen) atoms. The molecule has 0 heterocycles. The molecule has 0 aliphatic rings. The highest BCUT2D eigenvalue weighted by atomic mass is 35.5. The topological polar surface area (TPSA) is 20.2 Å². The Labute approximate surface area is 95.9 Å². The third-order valence-electron chi connectivity index (χ3n) is 2.08. The highest BCUT2D eigenvalue weighted by Gasteiger charge is 2.05. The molecule has 0 aliphatic carbocycles. The number of rotatable bonds is 1. The summed E-state index contributed by atoms with van der Waals surface area (Å²) in [6, 6.07) is 7.40. The summed E-state index contributed by atoms with van der Waals surface area (Å²) in [5, 5.41) is 9.45. The van der Waals surface area contributed by atoms with Crippen LogP contribution in [-0.2, 0) is 0 Å². The fourth-order valence-electron chi connectivity index (χ4n) is 1.46. The van der Waals surface area contributed by atoms with Gasteiger partial charge in [-0.25, -0.2) is 8.78 Å². The van der Waals surface area contributed by atoms with Gasteiger partial charge in [-0.1, -0.05) is 11.6 Å². The molecule has 2 rings (SSSR count). The van der Waals surface area contributed by atoms with Crippen LogP contribution in [0.4, 0.5) is 8.78 Å². The Morgan fingerprint density at radius 1 is 0.812 bits per heavy atom. The Bertz CT molecular complexity index is 451. The van der Waals surface area contributed by atoms with E-state index in [-0.39, 0.29) is 10.8 Å². The van der Waals surface area contributed by atoms with E-state index in [4.69, 9.17) is 11.6 Å². The van der Waals surface area contributed by atoms with Crippen LogP contribution in [0.25, 0.3) is 11.1 Å². The summed E-state index contributed by atoms with van der Waals surface area (Å²) in [6.45, 7) is 0. The van der Waals surface area contributed by atoms with Gasteiger partial charge in [0, 0.05) is 11.1 Å². The van der Waals surface area contributed by atoms with Crippen LogP contribution < -0.4 is 0 Å². The van der Waals surface area contributed by atoms with Crippen LogP contribution in [0.1, 0.15) is 0 Å². The molecular weight excluding hydrogens is 234 g/mol. The minimum atomic E-state index is -0.588. The fraction of sp³-hybridized carbons (Fsp3) is 0. The van der Waals surface area contributed by atoms with E-state index in [2.05, 4.69) is 0 Å². The van der Waals surface area contributed by atoms with E-state index >= 15 is 0 Å². The van der Waals surface area contributed by atoms with E-state index in [1.54, 1.807) is 0 Å². The molecule has 0 saturated carbocycles. The van der Waals surface area contributed by atoms with Crippen molar-refractivity contribution in [1.29, 1.82) is 0 Å². The second-order valence-electron chi connectivity index (χ2n) is 3.36. The third-order valence-corrected chi connectivity index (χ3v) is 2.30. The molecule has 0 aromatic heterocycles. The lowest BCUT2D eigenvalue weighted by molar-refractivity contribution is 0.469. The average molecular weight is 241 g/mol. The van der Waals surface area contributed by atoms with Gasteiger partial charge >= 0.3 is 0 Å². The number of phenolic OH excluding ortho intramolecular Hbond substituents is 1. The van der Waals surface area contributed by atoms with Gasteiger partial charge in [0.1, 0.15) is 17.4 Å². The quantitative estimate of drug-likeness (QED) is 0.799. The van der Waals surface area contributed by atoms with Crippen LogP contribution in [0.3, 0.4) is 0 Å². The Morgan fingerprint density at radius 2 is 1.38 bits per heavy atom. The van der Waals surface area contributed by atoms with Gasteiger partial charge in [0.15, 0.2) is 0 Å². The lowest BCUT2D eigenvalue weighted by Crippen LogP contribution is -1.83. The van der Waals surface area contributed by atoms with Crippen molar-refractivity contribution in [2.24, 2.45) is 0 Å². The molecule has 2 aromatic carbocycles. The lowest BCUT2D eigenvalue weighted by Gasteiger charge is -2.04. The number of hydrogen-bond acceptors (Lipinski definition) is 1. The standard InChI is InChI=1S/C12H7ClF2O/c13-9-1-7(2-10(14)5-9)8-3-11(15)6-12(16)4-8/h1-6,16H. The first-order valence-corrected chi connectivity index (χ1v) is 4.88. The Morgan fingerprint density at radius 3 is 1.94 bits per heavy atom. The van der Waals surface area contributed by atoms with Crippen LogP contribution in [0, 0.1) is 11.6 Å². The van der Waals surface area contributed by atoms with Gasteiger partial charge in [0.05, 0.1) is 0 Å². The second kappa shape index (κ2) is 4.10. The van der Waals surface area contributed by atoms with Gasteiger partial charge in [-0.05, 0) is 41.5 Å². The summed E-state index contributed by atoms with van der Waals surface area (Å²) >= 11 is 5.68. The minimum absolute atomic E-state index is 0.213. The van der Waals surface area contributed by atoms with Crippen LogP contribution in [0.5, 0.6) is 5.75 Å². The Hall–Kier alpha value is -1.61. The van der Waals surface area contributed by atoms with Gasteiger partial charge in [0.25, 0.3) is 0 Å². The Kier molecular flexibility index (Phi) is 2.79. The largest absolute Gasteiger partial charge is 0.508 e. The first kappa shape index (κ1) is 10.9. The lowest BCUT2D eigenvalue weighted by atomic mass is 10.1.